The van der Waals surface area contributed by atoms with E-state index in [1.165, 1.54) is 0 Å². The zero-order valence-corrected chi connectivity index (χ0v) is 17.6. The average Bonchev–Trinajstić information content (AvgIpc) is 2.71. The Labute approximate surface area is 197 Å². The Hall–Kier alpha value is -3.26. The molecule has 0 unspecified atom stereocenters. The van der Waals surface area contributed by atoms with Gasteiger partial charge in [-0.25, -0.2) is 9.18 Å². The van der Waals surface area contributed by atoms with Crippen LogP contribution in [0.1, 0.15) is 17.0 Å². The molecule has 202 valence electrons. The summed E-state index contributed by atoms with van der Waals surface area (Å²) < 4.78 is 177. The van der Waals surface area contributed by atoms with E-state index in [-0.39, 0.29) is 27.6 Å². The molecule has 0 saturated carbocycles. The third-order valence-electron chi connectivity index (χ3n) is 5.39. The maximum absolute atomic E-state index is 13.7. The molecule has 0 atom stereocenters. The van der Waals surface area contributed by atoms with Crippen LogP contribution in [-0.4, -0.2) is 37.3 Å². The summed E-state index contributed by atoms with van der Waals surface area (Å²) in [6.45, 7) is -2.30. The lowest BCUT2D eigenvalue weighted by molar-refractivity contribution is -0.377. The highest BCUT2D eigenvalue weighted by molar-refractivity contribution is 5.98. The number of benzene rings is 3. The number of hydrogen-bond donors (Lipinski definition) is 0. The first-order valence-electron chi connectivity index (χ1n) is 9.75. The summed E-state index contributed by atoms with van der Waals surface area (Å²) in [6, 6.07) is 4.92. The molecule has 0 N–H and O–H groups in total. The van der Waals surface area contributed by atoms with E-state index in [0.717, 1.165) is 18.2 Å². The summed E-state index contributed by atoms with van der Waals surface area (Å²) in [5, 5.41) is -0.881. The van der Waals surface area contributed by atoms with Gasteiger partial charge in [0.2, 0.25) is 0 Å². The molecule has 0 heterocycles. The Morgan fingerprint density at radius 2 is 1.11 bits per heavy atom. The monoisotopic (exact) mass is 554 g/mol. The highest BCUT2D eigenvalue weighted by Gasteiger charge is 2.75. The third kappa shape index (κ3) is 5.12. The van der Waals surface area contributed by atoms with Gasteiger partial charge in [-0.05, 0) is 45.3 Å². The predicted molar refractivity (Wildman–Crippen MR) is 102 cm³/mol. The van der Waals surface area contributed by atoms with Crippen LogP contribution in [0.2, 0.25) is 0 Å². The number of ether oxygens (including phenoxy) is 1. The Balaban J connectivity index is 2.24. The van der Waals surface area contributed by atoms with Gasteiger partial charge in [0, 0.05) is 5.56 Å². The molecule has 2 nitrogen and oxygen atoms in total. The second kappa shape index (κ2) is 8.94. The van der Waals surface area contributed by atoms with E-state index >= 15 is 0 Å². The van der Waals surface area contributed by atoms with Crippen molar-refractivity contribution in [3.8, 4) is 0 Å². The third-order valence-corrected chi connectivity index (χ3v) is 5.39. The van der Waals surface area contributed by atoms with Crippen molar-refractivity contribution < 1.29 is 66.6 Å². The van der Waals surface area contributed by atoms with E-state index in [0.29, 0.717) is 24.3 Å². The molecule has 0 fully saturated rings. The molecular formula is C22H11F13O2. The van der Waals surface area contributed by atoms with Crippen molar-refractivity contribution in [3.05, 3.63) is 59.7 Å². The van der Waals surface area contributed by atoms with Gasteiger partial charge in [-0.15, -0.1) is 0 Å². The summed E-state index contributed by atoms with van der Waals surface area (Å²) in [5.74, 6) is -6.29. The standard InChI is InChI=1S/C22H11F13O2/c23-9-16(36)37-18(21(30,31)32,22(33,34)35)15-4-3-11-5-13-7-12(2-1-10(13)6-14(11)8-15)17(19(24,25)26)20(27,28)29/h1-8,17H,9H2. The van der Waals surface area contributed by atoms with Crippen LogP contribution >= 0.6 is 0 Å². The molecule has 0 spiro atoms. The van der Waals surface area contributed by atoms with E-state index in [2.05, 4.69) is 4.74 Å². The van der Waals surface area contributed by atoms with Crippen LogP contribution in [0, 0.1) is 0 Å². The van der Waals surface area contributed by atoms with Gasteiger partial charge in [-0.3, -0.25) is 0 Å². The van der Waals surface area contributed by atoms with E-state index in [4.69, 9.17) is 0 Å². The number of carbonyl (C=O) groups excluding carboxylic acids is 1. The van der Waals surface area contributed by atoms with Gasteiger partial charge in [0.15, 0.2) is 12.6 Å². The molecule has 15 heteroatoms. The smallest absolute Gasteiger partial charge is 0.432 e. The first kappa shape index (κ1) is 28.3. The summed E-state index contributed by atoms with van der Waals surface area (Å²) in [6.07, 6.45) is -24.0. The van der Waals surface area contributed by atoms with Gasteiger partial charge < -0.3 is 4.74 Å². The molecule has 0 amide bonds. The molecule has 3 aromatic rings. The SMILES string of the molecule is O=C(CF)OC(c1ccc2cc3cc(C(C(F)(F)F)C(F)(F)F)ccc3cc2c1)(C(F)(F)F)C(F)(F)F. The molecule has 0 saturated heterocycles. The van der Waals surface area contributed by atoms with Crippen molar-refractivity contribution in [1.29, 1.82) is 0 Å². The molecule has 0 aromatic heterocycles. The van der Waals surface area contributed by atoms with Crippen LogP contribution in [0.5, 0.6) is 0 Å². The lowest BCUT2D eigenvalue weighted by Crippen LogP contribution is -2.57. The van der Waals surface area contributed by atoms with Crippen LogP contribution in [0.25, 0.3) is 21.5 Å². The van der Waals surface area contributed by atoms with Crippen molar-refractivity contribution in [2.75, 3.05) is 6.67 Å². The first-order chi connectivity index (χ1) is 16.7. The summed E-state index contributed by atoms with van der Waals surface area (Å²) in [4.78, 5) is 11.2. The summed E-state index contributed by atoms with van der Waals surface area (Å²) in [7, 11) is 0. The molecule has 37 heavy (non-hydrogen) atoms. The van der Waals surface area contributed by atoms with Crippen molar-refractivity contribution >= 4 is 27.5 Å². The van der Waals surface area contributed by atoms with Gasteiger partial charge in [0.25, 0.3) is 0 Å². The Morgan fingerprint density at radius 1 is 0.649 bits per heavy atom. The number of hydrogen-bond acceptors (Lipinski definition) is 2. The zero-order chi connectivity index (χ0) is 28.2. The van der Waals surface area contributed by atoms with Crippen LogP contribution < -0.4 is 0 Å². The summed E-state index contributed by atoms with van der Waals surface area (Å²) in [5.41, 5.74) is -8.11. The van der Waals surface area contributed by atoms with Crippen molar-refractivity contribution in [3.63, 3.8) is 0 Å². The zero-order valence-electron chi connectivity index (χ0n) is 17.6. The highest BCUT2D eigenvalue weighted by atomic mass is 19.4. The van der Waals surface area contributed by atoms with Gasteiger partial charge >= 0.3 is 36.3 Å². The fourth-order valence-corrected chi connectivity index (χ4v) is 3.84. The number of halogens is 13. The average molecular weight is 554 g/mol. The van der Waals surface area contributed by atoms with Crippen molar-refractivity contribution in [2.45, 2.75) is 36.2 Å². The Bertz CT molecular complexity index is 1290. The van der Waals surface area contributed by atoms with Gasteiger partial charge in [-0.2, -0.15) is 52.7 Å². The van der Waals surface area contributed by atoms with E-state index in [1.54, 1.807) is 0 Å². The predicted octanol–water partition coefficient (Wildman–Crippen LogP) is 8.03. The molecule has 0 aliphatic rings. The second-order valence-electron chi connectivity index (χ2n) is 7.82. The number of alkyl halides is 13. The first-order valence-corrected chi connectivity index (χ1v) is 9.75. The molecule has 0 aliphatic heterocycles. The fourth-order valence-electron chi connectivity index (χ4n) is 3.84. The molecule has 0 bridgehead atoms. The number of rotatable bonds is 4. The molecule has 3 rings (SSSR count). The quantitative estimate of drug-likeness (QED) is 0.186. The van der Waals surface area contributed by atoms with Crippen LogP contribution in [0.4, 0.5) is 57.1 Å². The molecular weight excluding hydrogens is 543 g/mol. The second-order valence-corrected chi connectivity index (χ2v) is 7.82. The van der Waals surface area contributed by atoms with E-state index < -0.39 is 60.0 Å². The largest absolute Gasteiger partial charge is 0.442 e. The number of carbonyl (C=O) groups is 1. The van der Waals surface area contributed by atoms with Gasteiger partial charge in [-0.1, -0.05) is 30.3 Å². The van der Waals surface area contributed by atoms with E-state index in [1.807, 2.05) is 0 Å². The molecule has 0 radical (unpaired) electrons. The normalized spacial score (nSPS) is 14.0. The number of esters is 1. The minimum absolute atomic E-state index is 0.123. The van der Waals surface area contributed by atoms with Crippen LogP contribution in [-0.2, 0) is 15.1 Å². The topological polar surface area (TPSA) is 26.3 Å². The Morgan fingerprint density at radius 3 is 1.54 bits per heavy atom. The lowest BCUT2D eigenvalue weighted by Gasteiger charge is -2.36. The summed E-state index contributed by atoms with van der Waals surface area (Å²) >= 11 is 0. The van der Waals surface area contributed by atoms with Crippen molar-refractivity contribution in [2.24, 2.45) is 0 Å². The minimum Gasteiger partial charge on any atom is -0.432 e. The van der Waals surface area contributed by atoms with Gasteiger partial charge in [0.05, 0.1) is 0 Å². The number of fused-ring (bicyclic) bond motifs is 2. The minimum atomic E-state index is -6.31. The maximum Gasteiger partial charge on any atom is 0.442 e. The van der Waals surface area contributed by atoms with Crippen molar-refractivity contribution in [1.82, 2.24) is 0 Å². The fraction of sp³-hybridized carbons (Fsp3) is 0.318. The molecule has 0 aliphatic carbocycles. The van der Waals surface area contributed by atoms with Gasteiger partial charge in [0.1, 0.15) is 0 Å². The van der Waals surface area contributed by atoms with Crippen LogP contribution in [0.3, 0.4) is 0 Å². The van der Waals surface area contributed by atoms with Crippen LogP contribution in [0.15, 0.2) is 48.5 Å². The maximum atomic E-state index is 13.7. The molecule has 3 aromatic carbocycles. The lowest BCUT2D eigenvalue weighted by atomic mass is 9.89. The highest BCUT2D eigenvalue weighted by Crippen LogP contribution is 2.53. The Kier molecular flexibility index (Phi) is 6.84. The van der Waals surface area contributed by atoms with E-state index in [9.17, 15) is 61.9 Å².